The highest BCUT2D eigenvalue weighted by atomic mass is 16.1. The maximum atomic E-state index is 12.4. The van der Waals surface area contributed by atoms with Gasteiger partial charge in [0, 0.05) is 24.1 Å². The van der Waals surface area contributed by atoms with Crippen molar-refractivity contribution in [2.24, 2.45) is 0 Å². The molecule has 0 bridgehead atoms. The van der Waals surface area contributed by atoms with Crippen LogP contribution in [0.3, 0.4) is 0 Å². The van der Waals surface area contributed by atoms with Crippen molar-refractivity contribution >= 4 is 11.6 Å². The summed E-state index contributed by atoms with van der Waals surface area (Å²) in [6.07, 6.45) is 1.69. The molecule has 1 aromatic heterocycles. The quantitative estimate of drug-likeness (QED) is 0.938. The van der Waals surface area contributed by atoms with Gasteiger partial charge in [-0.15, -0.1) is 0 Å². The lowest BCUT2D eigenvalue weighted by atomic mass is 10.1. The first-order chi connectivity index (χ1) is 9.97. The number of amides is 1. The fourth-order valence-corrected chi connectivity index (χ4v) is 2.23. The number of carbonyl (C=O) groups excluding carboxylic acids is 1. The smallest absolute Gasteiger partial charge is 0.257 e. The Labute approximate surface area is 125 Å². The van der Waals surface area contributed by atoms with Crippen LogP contribution in [0.25, 0.3) is 0 Å². The van der Waals surface area contributed by atoms with Gasteiger partial charge in [0.25, 0.3) is 5.91 Å². The van der Waals surface area contributed by atoms with E-state index in [2.05, 4.69) is 28.2 Å². The first-order valence-corrected chi connectivity index (χ1v) is 6.94. The molecule has 0 radical (unpaired) electrons. The molecule has 21 heavy (non-hydrogen) atoms. The standard InChI is InChI=1S/C17H21N3O/c1-12-7-8-16(14(10-12)11-20(3)4)19-17(21)15-6-5-9-18-13(15)2/h5-10H,11H2,1-4H3,(H,19,21). The number of pyridine rings is 1. The monoisotopic (exact) mass is 283 g/mol. The van der Waals surface area contributed by atoms with Gasteiger partial charge in [-0.3, -0.25) is 9.78 Å². The van der Waals surface area contributed by atoms with E-state index in [9.17, 15) is 4.79 Å². The second-order valence-electron chi connectivity index (χ2n) is 5.49. The van der Waals surface area contributed by atoms with Gasteiger partial charge in [-0.05, 0) is 51.7 Å². The van der Waals surface area contributed by atoms with Crippen LogP contribution in [0.1, 0.15) is 27.2 Å². The molecule has 0 saturated carbocycles. The molecule has 0 atom stereocenters. The number of aromatic nitrogens is 1. The summed E-state index contributed by atoms with van der Waals surface area (Å²) in [5.74, 6) is -0.121. The number of benzene rings is 1. The molecule has 1 heterocycles. The molecule has 0 spiro atoms. The molecule has 0 aliphatic carbocycles. The summed E-state index contributed by atoms with van der Waals surface area (Å²) in [7, 11) is 4.03. The first-order valence-electron chi connectivity index (χ1n) is 6.94. The van der Waals surface area contributed by atoms with E-state index < -0.39 is 0 Å². The van der Waals surface area contributed by atoms with Crippen molar-refractivity contribution in [1.29, 1.82) is 0 Å². The van der Waals surface area contributed by atoms with Gasteiger partial charge in [0.05, 0.1) is 5.56 Å². The van der Waals surface area contributed by atoms with Gasteiger partial charge in [0.2, 0.25) is 0 Å². The van der Waals surface area contributed by atoms with Gasteiger partial charge in [-0.1, -0.05) is 17.7 Å². The van der Waals surface area contributed by atoms with Crippen molar-refractivity contribution in [3.8, 4) is 0 Å². The average molecular weight is 283 g/mol. The Morgan fingerprint density at radius 3 is 2.67 bits per heavy atom. The van der Waals surface area contributed by atoms with Crippen LogP contribution in [0.2, 0.25) is 0 Å². The normalized spacial score (nSPS) is 10.7. The van der Waals surface area contributed by atoms with Gasteiger partial charge in [-0.2, -0.15) is 0 Å². The predicted molar refractivity (Wildman–Crippen MR) is 85.5 cm³/mol. The first kappa shape index (κ1) is 15.2. The number of hydrogen-bond donors (Lipinski definition) is 1. The SMILES string of the molecule is Cc1ccc(NC(=O)c2cccnc2C)c(CN(C)C)c1. The van der Waals surface area contributed by atoms with E-state index in [0.717, 1.165) is 23.5 Å². The second-order valence-corrected chi connectivity index (χ2v) is 5.49. The zero-order valence-electron chi connectivity index (χ0n) is 13.0. The average Bonchev–Trinajstić information content (AvgIpc) is 2.41. The largest absolute Gasteiger partial charge is 0.322 e. The highest BCUT2D eigenvalue weighted by Gasteiger charge is 2.12. The molecular formula is C17H21N3O. The molecule has 1 aromatic carbocycles. The van der Waals surface area contributed by atoms with Crippen molar-refractivity contribution in [2.75, 3.05) is 19.4 Å². The van der Waals surface area contributed by atoms with Crippen LogP contribution >= 0.6 is 0 Å². The minimum atomic E-state index is -0.121. The molecule has 0 aliphatic heterocycles. The summed E-state index contributed by atoms with van der Waals surface area (Å²) in [6.45, 7) is 4.67. The number of aryl methyl sites for hydroxylation is 2. The number of anilines is 1. The van der Waals surface area contributed by atoms with Gasteiger partial charge in [0.15, 0.2) is 0 Å². The zero-order chi connectivity index (χ0) is 15.4. The molecule has 0 aliphatic rings. The summed E-state index contributed by atoms with van der Waals surface area (Å²) in [5.41, 5.74) is 4.48. The Balaban J connectivity index is 2.27. The summed E-state index contributed by atoms with van der Waals surface area (Å²) in [6, 6.07) is 9.63. The number of hydrogen-bond acceptors (Lipinski definition) is 3. The van der Waals surface area contributed by atoms with Crippen LogP contribution in [0.5, 0.6) is 0 Å². The van der Waals surface area contributed by atoms with Crippen LogP contribution in [-0.2, 0) is 6.54 Å². The van der Waals surface area contributed by atoms with Crippen molar-refractivity contribution < 1.29 is 4.79 Å². The molecule has 1 N–H and O–H groups in total. The Morgan fingerprint density at radius 1 is 1.24 bits per heavy atom. The lowest BCUT2D eigenvalue weighted by Gasteiger charge is -2.16. The lowest BCUT2D eigenvalue weighted by Crippen LogP contribution is -2.17. The highest BCUT2D eigenvalue weighted by Crippen LogP contribution is 2.20. The Hall–Kier alpha value is -2.20. The summed E-state index contributed by atoms with van der Waals surface area (Å²) >= 11 is 0. The van der Waals surface area contributed by atoms with E-state index >= 15 is 0 Å². The van der Waals surface area contributed by atoms with Gasteiger partial charge >= 0.3 is 0 Å². The molecule has 1 amide bonds. The molecule has 4 nitrogen and oxygen atoms in total. The number of nitrogens with one attached hydrogen (secondary N) is 1. The zero-order valence-corrected chi connectivity index (χ0v) is 13.0. The number of rotatable bonds is 4. The van der Waals surface area contributed by atoms with Crippen LogP contribution < -0.4 is 5.32 Å². The van der Waals surface area contributed by atoms with Crippen molar-refractivity contribution in [2.45, 2.75) is 20.4 Å². The molecule has 2 aromatic rings. The van der Waals surface area contributed by atoms with E-state index in [4.69, 9.17) is 0 Å². The molecule has 0 unspecified atom stereocenters. The predicted octanol–water partition coefficient (Wildman–Crippen LogP) is 3.01. The van der Waals surface area contributed by atoms with Crippen LogP contribution in [-0.4, -0.2) is 29.9 Å². The lowest BCUT2D eigenvalue weighted by molar-refractivity contribution is 0.102. The minimum absolute atomic E-state index is 0.121. The van der Waals surface area contributed by atoms with Crippen LogP contribution in [0.4, 0.5) is 5.69 Å². The molecule has 110 valence electrons. The fourth-order valence-electron chi connectivity index (χ4n) is 2.23. The van der Waals surface area contributed by atoms with E-state index in [1.54, 1.807) is 18.3 Å². The summed E-state index contributed by atoms with van der Waals surface area (Å²) in [5, 5.41) is 2.99. The van der Waals surface area contributed by atoms with Crippen molar-refractivity contribution in [1.82, 2.24) is 9.88 Å². The Bertz CT molecular complexity index is 650. The molecular weight excluding hydrogens is 262 g/mol. The van der Waals surface area contributed by atoms with Crippen LogP contribution in [0.15, 0.2) is 36.5 Å². The molecule has 0 saturated heterocycles. The van der Waals surface area contributed by atoms with Gasteiger partial charge in [0.1, 0.15) is 0 Å². The summed E-state index contributed by atoms with van der Waals surface area (Å²) in [4.78, 5) is 18.6. The van der Waals surface area contributed by atoms with Gasteiger partial charge < -0.3 is 10.2 Å². The molecule has 2 rings (SSSR count). The van der Waals surface area contributed by atoms with Crippen molar-refractivity contribution in [3.05, 3.63) is 58.9 Å². The van der Waals surface area contributed by atoms with E-state index in [-0.39, 0.29) is 5.91 Å². The summed E-state index contributed by atoms with van der Waals surface area (Å²) < 4.78 is 0. The van der Waals surface area contributed by atoms with E-state index in [1.165, 1.54) is 5.56 Å². The third-order valence-corrected chi connectivity index (χ3v) is 3.25. The molecule has 4 heteroatoms. The number of carbonyl (C=O) groups is 1. The Morgan fingerprint density at radius 2 is 2.00 bits per heavy atom. The maximum Gasteiger partial charge on any atom is 0.257 e. The molecule has 0 fully saturated rings. The van der Waals surface area contributed by atoms with E-state index in [1.807, 2.05) is 33.2 Å². The highest BCUT2D eigenvalue weighted by molar-refractivity contribution is 6.05. The van der Waals surface area contributed by atoms with Crippen molar-refractivity contribution in [3.63, 3.8) is 0 Å². The minimum Gasteiger partial charge on any atom is -0.322 e. The van der Waals surface area contributed by atoms with E-state index in [0.29, 0.717) is 5.56 Å². The Kier molecular flexibility index (Phi) is 4.70. The fraction of sp³-hybridized carbons (Fsp3) is 0.294. The van der Waals surface area contributed by atoms with Crippen LogP contribution in [0, 0.1) is 13.8 Å². The third-order valence-electron chi connectivity index (χ3n) is 3.25. The third kappa shape index (κ3) is 3.89. The topological polar surface area (TPSA) is 45.2 Å². The maximum absolute atomic E-state index is 12.4. The second kappa shape index (κ2) is 6.50. The number of nitrogens with zero attached hydrogens (tertiary/aromatic N) is 2. The van der Waals surface area contributed by atoms with Gasteiger partial charge in [-0.25, -0.2) is 0 Å².